The van der Waals surface area contributed by atoms with Crippen LogP contribution in [0.2, 0.25) is 0 Å². The third-order valence-corrected chi connectivity index (χ3v) is 6.33. The van der Waals surface area contributed by atoms with Crippen molar-refractivity contribution >= 4 is 6.03 Å². The zero-order valence-electron chi connectivity index (χ0n) is 17.1. The second-order valence-corrected chi connectivity index (χ2v) is 8.83. The van der Waals surface area contributed by atoms with Crippen molar-refractivity contribution in [2.24, 2.45) is 5.92 Å². The van der Waals surface area contributed by atoms with Crippen LogP contribution in [-0.4, -0.2) is 44.0 Å². The number of amides is 2. The van der Waals surface area contributed by atoms with Gasteiger partial charge in [0.1, 0.15) is 5.82 Å². The van der Waals surface area contributed by atoms with Gasteiger partial charge in [0, 0.05) is 24.6 Å². The summed E-state index contributed by atoms with van der Waals surface area (Å²) in [5.41, 5.74) is 2.08. The lowest BCUT2D eigenvalue weighted by atomic mass is 9.77. The highest BCUT2D eigenvalue weighted by Crippen LogP contribution is 2.32. The molecule has 1 aromatic carbocycles. The fraction of sp³-hybridized carbons (Fsp3) is 0.545. The van der Waals surface area contributed by atoms with Gasteiger partial charge in [-0.15, -0.1) is 0 Å². The Morgan fingerprint density at radius 2 is 2.03 bits per heavy atom. The van der Waals surface area contributed by atoms with E-state index in [2.05, 4.69) is 10.4 Å². The average molecular weight is 400 g/mol. The minimum atomic E-state index is -0.653. The Morgan fingerprint density at radius 1 is 1.28 bits per heavy atom. The lowest BCUT2D eigenvalue weighted by Crippen LogP contribution is -2.48. The van der Waals surface area contributed by atoms with Gasteiger partial charge in [0.15, 0.2) is 0 Å². The quantitative estimate of drug-likeness (QED) is 0.830. The molecule has 1 aromatic heterocycles. The van der Waals surface area contributed by atoms with E-state index in [1.54, 1.807) is 16.9 Å². The van der Waals surface area contributed by atoms with Gasteiger partial charge in [-0.2, -0.15) is 5.10 Å². The number of nitrogens with zero attached hydrogens (tertiary/aromatic N) is 3. The highest BCUT2D eigenvalue weighted by molar-refractivity contribution is 5.75. The molecular formula is C22H29FN4O2. The highest BCUT2D eigenvalue weighted by atomic mass is 19.1. The number of hydrogen-bond acceptors (Lipinski definition) is 3. The second kappa shape index (κ2) is 7.78. The molecule has 0 bridgehead atoms. The maximum Gasteiger partial charge on any atom is 0.317 e. The molecular weight excluding hydrogens is 371 g/mol. The zero-order valence-corrected chi connectivity index (χ0v) is 17.1. The lowest BCUT2D eigenvalue weighted by molar-refractivity contribution is -0.00249. The molecule has 2 aromatic rings. The molecule has 29 heavy (non-hydrogen) atoms. The van der Waals surface area contributed by atoms with Crippen LogP contribution in [0.15, 0.2) is 30.5 Å². The van der Waals surface area contributed by atoms with Crippen LogP contribution in [0.25, 0.3) is 5.69 Å². The fourth-order valence-corrected chi connectivity index (χ4v) is 4.55. The van der Waals surface area contributed by atoms with Crippen molar-refractivity contribution in [2.45, 2.75) is 64.1 Å². The van der Waals surface area contributed by atoms with Gasteiger partial charge >= 0.3 is 6.03 Å². The second-order valence-electron chi connectivity index (χ2n) is 8.83. The summed E-state index contributed by atoms with van der Waals surface area (Å²) in [6.45, 7) is 4.85. The van der Waals surface area contributed by atoms with Crippen LogP contribution in [0.5, 0.6) is 0 Å². The molecule has 0 atom stereocenters. The van der Waals surface area contributed by atoms with E-state index in [9.17, 15) is 14.3 Å². The topological polar surface area (TPSA) is 70.4 Å². The minimum absolute atomic E-state index is 0.0409. The van der Waals surface area contributed by atoms with E-state index in [1.165, 1.54) is 12.1 Å². The van der Waals surface area contributed by atoms with Crippen molar-refractivity contribution in [1.29, 1.82) is 0 Å². The molecule has 2 amide bonds. The van der Waals surface area contributed by atoms with Gasteiger partial charge in [-0.25, -0.2) is 13.9 Å². The summed E-state index contributed by atoms with van der Waals surface area (Å²) in [6.07, 6.45) is 6.12. The summed E-state index contributed by atoms with van der Waals surface area (Å²) in [7, 11) is 0. The molecule has 1 aliphatic carbocycles. The maximum absolute atomic E-state index is 13.6. The smallest absolute Gasteiger partial charge is 0.317 e. The fourth-order valence-electron chi connectivity index (χ4n) is 4.55. The van der Waals surface area contributed by atoms with Crippen LogP contribution in [0.1, 0.15) is 50.8 Å². The number of carbonyl (C=O) groups excluding carboxylic acids is 1. The Morgan fingerprint density at radius 3 is 2.72 bits per heavy atom. The number of benzene rings is 1. The normalized spacial score (nSPS) is 22.3. The monoisotopic (exact) mass is 400 g/mol. The van der Waals surface area contributed by atoms with E-state index in [1.807, 2.05) is 24.8 Å². The van der Waals surface area contributed by atoms with Gasteiger partial charge in [-0.05, 0) is 63.6 Å². The van der Waals surface area contributed by atoms with Gasteiger partial charge in [0.05, 0.1) is 29.7 Å². The number of carbonyl (C=O) groups is 1. The third kappa shape index (κ3) is 4.29. The Balaban J connectivity index is 1.36. The number of urea groups is 1. The summed E-state index contributed by atoms with van der Waals surface area (Å²) < 4.78 is 15.3. The molecule has 0 spiro atoms. The van der Waals surface area contributed by atoms with Crippen molar-refractivity contribution in [1.82, 2.24) is 20.0 Å². The Labute approximate surface area is 170 Å². The molecule has 2 heterocycles. The summed E-state index contributed by atoms with van der Waals surface area (Å²) in [4.78, 5) is 14.6. The highest BCUT2D eigenvalue weighted by Gasteiger charge is 2.33. The summed E-state index contributed by atoms with van der Waals surface area (Å²) >= 11 is 0. The number of hydrogen-bond donors (Lipinski definition) is 2. The van der Waals surface area contributed by atoms with Crippen molar-refractivity contribution in [3.05, 3.63) is 47.5 Å². The van der Waals surface area contributed by atoms with Crippen LogP contribution in [0.3, 0.4) is 0 Å². The first-order valence-corrected chi connectivity index (χ1v) is 10.4. The van der Waals surface area contributed by atoms with E-state index in [-0.39, 0.29) is 17.9 Å². The number of nitrogens with one attached hydrogen (secondary N) is 1. The first-order chi connectivity index (χ1) is 13.8. The molecule has 1 aliphatic heterocycles. The van der Waals surface area contributed by atoms with E-state index in [0.29, 0.717) is 31.1 Å². The van der Waals surface area contributed by atoms with E-state index in [0.717, 1.165) is 36.9 Å². The van der Waals surface area contributed by atoms with Crippen LogP contribution < -0.4 is 5.32 Å². The summed E-state index contributed by atoms with van der Waals surface area (Å²) in [5.74, 6) is 0.00438. The maximum atomic E-state index is 13.6. The number of rotatable bonds is 3. The number of aromatic nitrogens is 2. The molecule has 0 saturated heterocycles. The minimum Gasteiger partial charge on any atom is -0.390 e. The van der Waals surface area contributed by atoms with Gasteiger partial charge < -0.3 is 15.3 Å². The molecule has 0 radical (unpaired) electrons. The number of halogens is 1. The predicted octanol–water partition coefficient (Wildman–Crippen LogP) is 3.41. The average Bonchev–Trinajstić information content (AvgIpc) is 3.11. The van der Waals surface area contributed by atoms with Crippen molar-refractivity contribution in [2.75, 3.05) is 6.54 Å². The van der Waals surface area contributed by atoms with Crippen molar-refractivity contribution < 1.29 is 14.3 Å². The summed E-state index contributed by atoms with van der Waals surface area (Å²) in [6, 6.07) is 6.52. The molecule has 1 saturated carbocycles. The Bertz CT molecular complexity index is 881. The van der Waals surface area contributed by atoms with E-state index < -0.39 is 5.60 Å². The van der Waals surface area contributed by atoms with Crippen molar-refractivity contribution in [3.8, 4) is 5.69 Å². The first kappa shape index (κ1) is 19.9. The van der Waals surface area contributed by atoms with Gasteiger partial charge in [-0.3, -0.25) is 0 Å². The number of aliphatic hydroxyl groups is 1. The molecule has 2 N–H and O–H groups in total. The largest absolute Gasteiger partial charge is 0.390 e. The van der Waals surface area contributed by atoms with Crippen LogP contribution in [0, 0.1) is 11.7 Å². The molecule has 7 heteroatoms. The zero-order chi connectivity index (χ0) is 20.6. The van der Waals surface area contributed by atoms with Gasteiger partial charge in [0.25, 0.3) is 0 Å². The third-order valence-electron chi connectivity index (χ3n) is 6.33. The first-order valence-electron chi connectivity index (χ1n) is 10.4. The molecule has 4 rings (SSSR count). The standard InChI is InChI=1S/C22H29FN4O2/c1-22(2,29)16-6-8-18(9-7-16)25-21(28)26-11-10-20-15(14-26)13-24-27(20)19-5-3-4-17(23)12-19/h3-5,12-13,16,18,29H,6-11,14H2,1-2H3,(H,25,28). The Hall–Kier alpha value is -2.41. The molecule has 6 nitrogen and oxygen atoms in total. The van der Waals surface area contributed by atoms with Crippen molar-refractivity contribution in [3.63, 3.8) is 0 Å². The predicted molar refractivity (Wildman–Crippen MR) is 108 cm³/mol. The van der Waals surface area contributed by atoms with Crippen LogP contribution in [-0.2, 0) is 13.0 Å². The summed E-state index contributed by atoms with van der Waals surface area (Å²) in [5, 5.41) is 17.8. The van der Waals surface area contributed by atoms with E-state index >= 15 is 0 Å². The molecule has 2 aliphatic rings. The molecule has 0 unspecified atom stereocenters. The molecule has 1 fully saturated rings. The van der Waals surface area contributed by atoms with Gasteiger partial charge in [0.2, 0.25) is 0 Å². The number of fused-ring (bicyclic) bond motifs is 1. The van der Waals surface area contributed by atoms with Crippen LogP contribution >= 0.6 is 0 Å². The molecule has 156 valence electrons. The Kier molecular flexibility index (Phi) is 5.34. The van der Waals surface area contributed by atoms with Crippen LogP contribution in [0.4, 0.5) is 9.18 Å². The lowest BCUT2D eigenvalue weighted by Gasteiger charge is -2.37. The van der Waals surface area contributed by atoms with Gasteiger partial charge in [-0.1, -0.05) is 6.07 Å². The SMILES string of the molecule is CC(C)(O)C1CCC(NC(=O)N2CCc3c(cnn3-c3cccc(F)c3)C2)CC1. The van der Waals surface area contributed by atoms with E-state index in [4.69, 9.17) is 0 Å².